The summed E-state index contributed by atoms with van der Waals surface area (Å²) in [6.07, 6.45) is -2.75. The van der Waals surface area contributed by atoms with Crippen LogP contribution in [-0.4, -0.2) is 27.1 Å². The van der Waals surface area contributed by atoms with Crippen molar-refractivity contribution in [3.05, 3.63) is 65.2 Å². The molecule has 0 aromatic heterocycles. The van der Waals surface area contributed by atoms with Gasteiger partial charge in [-0.3, -0.25) is 9.10 Å². The van der Waals surface area contributed by atoms with Crippen LogP contribution in [0.25, 0.3) is 0 Å². The van der Waals surface area contributed by atoms with Crippen molar-refractivity contribution in [1.29, 1.82) is 0 Å². The first-order chi connectivity index (χ1) is 13.4. The maximum atomic E-state index is 12.7. The lowest BCUT2D eigenvalue weighted by Crippen LogP contribution is -2.41. The van der Waals surface area contributed by atoms with Gasteiger partial charge in [0.15, 0.2) is 0 Å². The highest BCUT2D eigenvalue weighted by atomic mass is 32.2. The first kappa shape index (κ1) is 22.7. The fourth-order valence-electron chi connectivity index (χ4n) is 2.76. The number of halogens is 3. The monoisotopic (exact) mass is 428 g/mol. The lowest BCUT2D eigenvalue weighted by Gasteiger charge is -2.23. The second kappa shape index (κ2) is 8.86. The van der Waals surface area contributed by atoms with E-state index in [1.54, 1.807) is 6.92 Å². The average Bonchev–Trinajstić information content (AvgIpc) is 2.64. The molecule has 2 rings (SSSR count). The first-order valence-corrected chi connectivity index (χ1v) is 10.8. The molecule has 0 aliphatic rings. The summed E-state index contributed by atoms with van der Waals surface area (Å²) in [4.78, 5) is 12.4. The van der Waals surface area contributed by atoms with E-state index < -0.39 is 34.2 Å². The van der Waals surface area contributed by atoms with Crippen LogP contribution < -0.4 is 9.62 Å². The molecular formula is C20H23F3N2O3S. The molecule has 2 aromatic rings. The number of alkyl halides is 3. The Morgan fingerprint density at radius 2 is 1.62 bits per heavy atom. The maximum absolute atomic E-state index is 12.7. The highest BCUT2D eigenvalue weighted by Gasteiger charge is 2.31. The van der Waals surface area contributed by atoms with E-state index in [2.05, 4.69) is 5.32 Å². The van der Waals surface area contributed by atoms with Crippen LogP contribution in [0.3, 0.4) is 0 Å². The smallest absolute Gasteiger partial charge is 0.348 e. The van der Waals surface area contributed by atoms with E-state index in [1.165, 1.54) is 0 Å². The summed E-state index contributed by atoms with van der Waals surface area (Å²) >= 11 is 0. The van der Waals surface area contributed by atoms with Crippen LogP contribution in [-0.2, 0) is 27.4 Å². The van der Waals surface area contributed by atoms with E-state index in [4.69, 9.17) is 0 Å². The maximum Gasteiger partial charge on any atom is 0.416 e. The molecule has 5 nitrogen and oxygen atoms in total. The van der Waals surface area contributed by atoms with Gasteiger partial charge in [-0.15, -0.1) is 0 Å². The molecular weight excluding hydrogens is 405 g/mol. The van der Waals surface area contributed by atoms with Crippen molar-refractivity contribution in [2.75, 3.05) is 17.1 Å². The molecule has 1 N–H and O–H groups in total. The number of hydrogen-bond donors (Lipinski definition) is 1. The molecule has 0 unspecified atom stereocenters. The number of aryl methyl sites for hydroxylation is 1. The summed E-state index contributed by atoms with van der Waals surface area (Å²) in [5.41, 5.74) is 1.09. The minimum absolute atomic E-state index is 0.0180. The van der Waals surface area contributed by atoms with E-state index in [9.17, 15) is 26.4 Å². The first-order valence-electron chi connectivity index (χ1n) is 8.95. The molecule has 9 heteroatoms. The van der Waals surface area contributed by atoms with E-state index in [-0.39, 0.29) is 11.7 Å². The Morgan fingerprint density at radius 3 is 2.07 bits per heavy atom. The van der Waals surface area contributed by atoms with Gasteiger partial charge in [0.1, 0.15) is 6.54 Å². The molecule has 2 aromatic carbocycles. The Labute approximate surface area is 168 Å². The third-order valence-corrected chi connectivity index (χ3v) is 5.58. The number of anilines is 1. The summed E-state index contributed by atoms with van der Waals surface area (Å²) in [5, 5.41) is 2.72. The van der Waals surface area contributed by atoms with Crippen molar-refractivity contribution in [2.45, 2.75) is 32.5 Å². The average molecular weight is 428 g/mol. The number of hydrogen-bond acceptors (Lipinski definition) is 3. The Hall–Kier alpha value is -2.55. The van der Waals surface area contributed by atoms with Crippen LogP contribution in [0.5, 0.6) is 0 Å². The van der Waals surface area contributed by atoms with Gasteiger partial charge in [0.25, 0.3) is 0 Å². The summed E-state index contributed by atoms with van der Waals surface area (Å²) in [6, 6.07) is 10.9. The van der Waals surface area contributed by atoms with Crippen molar-refractivity contribution < 1.29 is 26.4 Å². The highest BCUT2D eigenvalue weighted by molar-refractivity contribution is 7.92. The fourth-order valence-corrected chi connectivity index (χ4v) is 3.62. The van der Waals surface area contributed by atoms with Gasteiger partial charge >= 0.3 is 6.18 Å². The predicted molar refractivity (Wildman–Crippen MR) is 106 cm³/mol. The molecule has 0 fully saturated rings. The zero-order valence-corrected chi connectivity index (χ0v) is 17.1. The highest BCUT2D eigenvalue weighted by Crippen LogP contribution is 2.31. The Bertz CT molecular complexity index is 940. The van der Waals surface area contributed by atoms with Gasteiger partial charge in [0.2, 0.25) is 15.9 Å². The van der Waals surface area contributed by atoms with Crippen molar-refractivity contribution >= 4 is 21.6 Å². The van der Waals surface area contributed by atoms with Crippen molar-refractivity contribution in [3.8, 4) is 0 Å². The Balaban J connectivity index is 2.14. The van der Waals surface area contributed by atoms with Gasteiger partial charge in [0, 0.05) is 0 Å². The summed E-state index contributed by atoms with van der Waals surface area (Å²) in [5.74, 6) is -0.567. The molecule has 0 spiro atoms. The van der Waals surface area contributed by atoms with Crippen LogP contribution in [0.4, 0.5) is 18.9 Å². The van der Waals surface area contributed by atoms with Crippen LogP contribution in [0.2, 0.25) is 0 Å². The third kappa shape index (κ3) is 6.22. The van der Waals surface area contributed by atoms with Gasteiger partial charge in [-0.25, -0.2) is 8.42 Å². The minimum Gasteiger partial charge on any atom is -0.348 e. The number of amides is 1. The van der Waals surface area contributed by atoms with Gasteiger partial charge in [0.05, 0.1) is 23.5 Å². The quantitative estimate of drug-likeness (QED) is 0.727. The van der Waals surface area contributed by atoms with E-state index in [1.807, 2.05) is 31.2 Å². The lowest BCUT2D eigenvalue weighted by atomic mass is 10.1. The van der Waals surface area contributed by atoms with Gasteiger partial charge in [-0.2, -0.15) is 13.2 Å². The molecule has 0 saturated carbocycles. The van der Waals surface area contributed by atoms with Crippen molar-refractivity contribution in [2.24, 2.45) is 0 Å². The number of sulfonamides is 1. The largest absolute Gasteiger partial charge is 0.416 e. The zero-order chi connectivity index (χ0) is 21.8. The van der Waals surface area contributed by atoms with E-state index >= 15 is 0 Å². The molecule has 1 amide bonds. The number of carbonyl (C=O) groups is 1. The van der Waals surface area contributed by atoms with Gasteiger partial charge < -0.3 is 5.32 Å². The summed E-state index contributed by atoms with van der Waals surface area (Å²) < 4.78 is 63.1. The lowest BCUT2D eigenvalue weighted by molar-refractivity contribution is -0.137. The number of carbonyl (C=O) groups excluding carboxylic acids is 1. The number of nitrogens with zero attached hydrogens (tertiary/aromatic N) is 1. The molecule has 0 aliphatic carbocycles. The fraction of sp³-hybridized carbons (Fsp3) is 0.350. The molecule has 0 radical (unpaired) electrons. The third-order valence-electron chi connectivity index (χ3n) is 4.44. The molecule has 0 saturated heterocycles. The summed E-state index contributed by atoms with van der Waals surface area (Å²) in [6.45, 7) is 3.25. The number of benzene rings is 2. The number of nitrogens with one attached hydrogen (secondary N) is 1. The van der Waals surface area contributed by atoms with Gasteiger partial charge in [-0.05, 0) is 48.7 Å². The van der Waals surface area contributed by atoms with Crippen molar-refractivity contribution in [1.82, 2.24) is 5.32 Å². The van der Waals surface area contributed by atoms with Crippen LogP contribution >= 0.6 is 0 Å². The van der Waals surface area contributed by atoms with Crippen molar-refractivity contribution in [3.63, 3.8) is 0 Å². The second-order valence-corrected chi connectivity index (χ2v) is 8.61. The topological polar surface area (TPSA) is 66.5 Å². The predicted octanol–water partition coefficient (Wildman–Crippen LogP) is 3.91. The Morgan fingerprint density at radius 1 is 1.07 bits per heavy atom. The normalized spacial score (nSPS) is 13.0. The second-order valence-electron chi connectivity index (χ2n) is 6.70. The van der Waals surface area contributed by atoms with Gasteiger partial charge in [-0.1, -0.05) is 31.2 Å². The molecule has 0 aliphatic heterocycles. The molecule has 0 bridgehead atoms. The van der Waals surface area contributed by atoms with Crippen LogP contribution in [0.1, 0.15) is 36.6 Å². The Kier molecular flexibility index (Phi) is 6.94. The van der Waals surface area contributed by atoms with E-state index in [0.29, 0.717) is 0 Å². The molecule has 0 heterocycles. The van der Waals surface area contributed by atoms with Crippen LogP contribution in [0, 0.1) is 0 Å². The zero-order valence-electron chi connectivity index (χ0n) is 16.3. The SMILES string of the molecule is CCc1ccc([C@@H](C)NC(=O)CN(c2ccc(C(F)(F)F)cc2)S(C)(=O)=O)cc1. The van der Waals surface area contributed by atoms with Crippen LogP contribution in [0.15, 0.2) is 48.5 Å². The number of rotatable bonds is 7. The van der Waals surface area contributed by atoms with E-state index in [0.717, 1.165) is 52.4 Å². The molecule has 29 heavy (non-hydrogen) atoms. The molecule has 158 valence electrons. The summed E-state index contributed by atoms with van der Waals surface area (Å²) in [7, 11) is -3.88. The standard InChI is InChI=1S/C20H23F3N2O3S/c1-4-15-5-7-16(8-6-15)14(2)24-19(26)13-25(29(3,27)28)18-11-9-17(10-12-18)20(21,22)23/h5-12,14H,4,13H2,1-3H3,(H,24,26)/t14-/m1/s1. The molecule has 1 atom stereocenters. The minimum atomic E-state index is -4.53.